The number of nitrogens with one attached hydrogen (secondary N) is 1. The molecule has 3 aliphatic rings. The largest absolute Gasteiger partial charge is 0.388 e. The molecule has 2 bridgehead atoms. The van der Waals surface area contributed by atoms with Gasteiger partial charge >= 0.3 is 0 Å². The predicted octanol–water partition coefficient (Wildman–Crippen LogP) is 1.57. The second-order valence-electron chi connectivity index (χ2n) is 5.78. The van der Waals surface area contributed by atoms with Crippen molar-refractivity contribution in [1.82, 2.24) is 9.97 Å². The van der Waals surface area contributed by atoms with Crippen LogP contribution in [0.3, 0.4) is 0 Å². The van der Waals surface area contributed by atoms with Crippen molar-refractivity contribution in [3.63, 3.8) is 0 Å². The first-order valence-electron chi connectivity index (χ1n) is 6.63. The summed E-state index contributed by atoms with van der Waals surface area (Å²) in [5.41, 5.74) is 6.31. The van der Waals surface area contributed by atoms with Gasteiger partial charge in [0.15, 0.2) is 5.82 Å². The van der Waals surface area contributed by atoms with Gasteiger partial charge in [-0.3, -0.25) is 0 Å². The Bertz CT molecular complexity index is 501. The Labute approximate surface area is 111 Å². The zero-order chi connectivity index (χ0) is 12.3. The first kappa shape index (κ1) is 10.7. The molecule has 0 aliphatic heterocycles. The maximum Gasteiger partial charge on any atom is 0.155 e. The molecule has 5 heteroatoms. The minimum absolute atomic E-state index is 0.319. The molecular weight excluding hydrogens is 244 g/mol. The molecule has 94 valence electrons. The summed E-state index contributed by atoms with van der Waals surface area (Å²) in [7, 11) is 0. The van der Waals surface area contributed by atoms with Crippen molar-refractivity contribution in [3.05, 3.63) is 18.1 Å². The lowest BCUT2D eigenvalue weighted by atomic mass is 10.0. The van der Waals surface area contributed by atoms with E-state index < -0.39 is 0 Å². The number of nitrogens with two attached hydrogens (primary N) is 1. The maximum atomic E-state index is 5.68. The monoisotopic (exact) mass is 260 g/mol. The molecule has 0 radical (unpaired) electrons. The number of anilines is 1. The van der Waals surface area contributed by atoms with Crippen LogP contribution in [-0.2, 0) is 0 Å². The summed E-state index contributed by atoms with van der Waals surface area (Å²) < 4.78 is 0. The third kappa shape index (κ3) is 1.40. The molecule has 4 nitrogen and oxygen atoms in total. The van der Waals surface area contributed by atoms with Crippen LogP contribution in [0.5, 0.6) is 0 Å². The average molecular weight is 260 g/mol. The van der Waals surface area contributed by atoms with Gasteiger partial charge in [-0.2, -0.15) is 0 Å². The highest BCUT2D eigenvalue weighted by molar-refractivity contribution is 7.80. The summed E-state index contributed by atoms with van der Waals surface area (Å²) in [5.74, 6) is 4.39. The first-order valence-corrected chi connectivity index (χ1v) is 7.04. The van der Waals surface area contributed by atoms with Gasteiger partial charge in [0.05, 0.1) is 0 Å². The van der Waals surface area contributed by atoms with E-state index in [2.05, 4.69) is 15.3 Å². The lowest BCUT2D eigenvalue weighted by Gasteiger charge is -2.12. The van der Waals surface area contributed by atoms with Crippen LogP contribution in [0.1, 0.15) is 25.0 Å². The standard InChI is InChI=1S/C13H16N4S/c14-12(18)11-13(16-4-3-15-11)17-10-8-6-1-2-7(5-6)9(8)10/h3-4,6-10H,1-2,5H2,(H2,14,18)(H,16,17). The molecule has 1 aromatic rings. The van der Waals surface area contributed by atoms with Gasteiger partial charge in [0.25, 0.3) is 0 Å². The number of rotatable bonds is 3. The summed E-state index contributed by atoms with van der Waals surface area (Å²) >= 11 is 5.02. The van der Waals surface area contributed by atoms with Gasteiger partial charge < -0.3 is 11.1 Å². The van der Waals surface area contributed by atoms with Crippen LogP contribution in [-0.4, -0.2) is 21.0 Å². The molecule has 3 N–H and O–H groups in total. The van der Waals surface area contributed by atoms with Gasteiger partial charge in [0.2, 0.25) is 0 Å². The molecule has 3 saturated carbocycles. The van der Waals surface area contributed by atoms with Crippen molar-refractivity contribution in [2.75, 3.05) is 5.32 Å². The molecule has 4 atom stereocenters. The van der Waals surface area contributed by atoms with Gasteiger partial charge in [-0.25, -0.2) is 9.97 Å². The SMILES string of the molecule is NC(=S)c1nccnc1NC1C2C3CCC(C3)C12. The molecule has 1 aromatic heterocycles. The third-order valence-corrected chi connectivity index (χ3v) is 5.16. The first-order chi connectivity index (χ1) is 8.75. The van der Waals surface area contributed by atoms with E-state index in [0.717, 1.165) is 29.5 Å². The Morgan fingerprint density at radius 1 is 1.22 bits per heavy atom. The van der Waals surface area contributed by atoms with E-state index in [-0.39, 0.29) is 0 Å². The summed E-state index contributed by atoms with van der Waals surface area (Å²) in [6, 6.07) is 0.584. The average Bonchev–Trinajstić information content (AvgIpc) is 2.78. The quantitative estimate of drug-likeness (QED) is 0.808. The van der Waals surface area contributed by atoms with E-state index in [0.29, 0.717) is 16.7 Å². The number of aromatic nitrogens is 2. The van der Waals surface area contributed by atoms with E-state index in [1.54, 1.807) is 12.4 Å². The van der Waals surface area contributed by atoms with Crippen molar-refractivity contribution in [3.8, 4) is 0 Å². The number of hydrogen-bond donors (Lipinski definition) is 2. The zero-order valence-corrected chi connectivity index (χ0v) is 10.9. The van der Waals surface area contributed by atoms with E-state index in [4.69, 9.17) is 18.0 Å². The van der Waals surface area contributed by atoms with Gasteiger partial charge in [0, 0.05) is 18.4 Å². The van der Waals surface area contributed by atoms with Crippen LogP contribution in [0.25, 0.3) is 0 Å². The van der Waals surface area contributed by atoms with Crippen LogP contribution in [0.15, 0.2) is 12.4 Å². The zero-order valence-electron chi connectivity index (χ0n) is 10.0. The van der Waals surface area contributed by atoms with Crippen LogP contribution < -0.4 is 11.1 Å². The highest BCUT2D eigenvalue weighted by Gasteiger charge is 2.65. The highest BCUT2D eigenvalue weighted by atomic mass is 32.1. The maximum absolute atomic E-state index is 5.68. The fourth-order valence-electron chi connectivity index (χ4n) is 4.30. The second-order valence-corrected chi connectivity index (χ2v) is 6.22. The van der Waals surface area contributed by atoms with Gasteiger partial charge in [-0.05, 0) is 42.9 Å². The van der Waals surface area contributed by atoms with Gasteiger partial charge in [0.1, 0.15) is 10.7 Å². The van der Waals surface area contributed by atoms with Crippen molar-refractivity contribution in [2.24, 2.45) is 29.4 Å². The molecule has 1 heterocycles. The van der Waals surface area contributed by atoms with Crippen molar-refractivity contribution in [2.45, 2.75) is 25.3 Å². The van der Waals surface area contributed by atoms with Gasteiger partial charge in [-0.15, -0.1) is 0 Å². The Balaban J connectivity index is 1.55. The normalized spacial score (nSPS) is 39.4. The molecule has 4 unspecified atom stereocenters. The molecule has 0 aromatic carbocycles. The third-order valence-electron chi connectivity index (χ3n) is 4.97. The van der Waals surface area contributed by atoms with Crippen LogP contribution >= 0.6 is 12.2 Å². The molecule has 18 heavy (non-hydrogen) atoms. The van der Waals surface area contributed by atoms with E-state index in [1.807, 2.05) is 0 Å². The number of fused-ring (bicyclic) bond motifs is 5. The molecule has 3 fully saturated rings. The lowest BCUT2D eigenvalue weighted by molar-refractivity contribution is 0.456. The van der Waals surface area contributed by atoms with Crippen LogP contribution in [0.2, 0.25) is 0 Å². The second kappa shape index (κ2) is 3.63. The summed E-state index contributed by atoms with van der Waals surface area (Å²) in [4.78, 5) is 8.87. The van der Waals surface area contributed by atoms with Crippen LogP contribution in [0, 0.1) is 23.7 Å². The number of hydrogen-bond acceptors (Lipinski definition) is 4. The summed E-state index contributed by atoms with van der Waals surface area (Å²) in [6.07, 6.45) is 7.63. The minimum atomic E-state index is 0.319. The fourth-order valence-corrected chi connectivity index (χ4v) is 4.45. The molecule has 0 amide bonds. The Morgan fingerprint density at radius 3 is 2.56 bits per heavy atom. The smallest absolute Gasteiger partial charge is 0.155 e. The van der Waals surface area contributed by atoms with Crippen molar-refractivity contribution in [1.29, 1.82) is 0 Å². The minimum Gasteiger partial charge on any atom is -0.388 e. The Morgan fingerprint density at radius 2 is 1.89 bits per heavy atom. The lowest BCUT2D eigenvalue weighted by Crippen LogP contribution is -2.20. The highest BCUT2D eigenvalue weighted by Crippen LogP contribution is 2.66. The van der Waals surface area contributed by atoms with E-state index in [9.17, 15) is 0 Å². The number of thiocarbonyl (C=S) groups is 1. The van der Waals surface area contributed by atoms with E-state index >= 15 is 0 Å². The molecule has 0 saturated heterocycles. The fraction of sp³-hybridized carbons (Fsp3) is 0.615. The topological polar surface area (TPSA) is 63.8 Å². The molecule has 0 spiro atoms. The molecular formula is C13H16N4S. The van der Waals surface area contributed by atoms with Crippen LogP contribution in [0.4, 0.5) is 5.82 Å². The Hall–Kier alpha value is -1.23. The summed E-state index contributed by atoms with van der Waals surface area (Å²) in [5, 5.41) is 3.53. The van der Waals surface area contributed by atoms with Crippen molar-refractivity contribution < 1.29 is 0 Å². The van der Waals surface area contributed by atoms with Gasteiger partial charge in [-0.1, -0.05) is 12.2 Å². The van der Waals surface area contributed by atoms with Crippen molar-refractivity contribution >= 4 is 23.0 Å². The summed E-state index contributed by atoms with van der Waals surface area (Å²) in [6.45, 7) is 0. The molecule has 3 aliphatic carbocycles. The Kier molecular flexibility index (Phi) is 2.15. The molecule has 4 rings (SSSR count). The number of nitrogens with zero attached hydrogens (tertiary/aromatic N) is 2. The predicted molar refractivity (Wildman–Crippen MR) is 73.1 cm³/mol. The van der Waals surface area contributed by atoms with E-state index in [1.165, 1.54) is 19.3 Å².